The Morgan fingerprint density at radius 1 is 1.25 bits per heavy atom. The van der Waals surface area contributed by atoms with Gasteiger partial charge in [-0.15, -0.1) is 0 Å². The first kappa shape index (κ1) is 13.1. The average Bonchev–Trinajstić information content (AvgIpc) is 2.91. The van der Waals surface area contributed by atoms with Crippen LogP contribution in [0.2, 0.25) is 0 Å². The minimum atomic E-state index is -0.250. The standard InChI is InChI=1S/C15H12BrFN2O/c16-9-5-6-15(20)11(7-9)14-8-13(18-19-14)10-3-1-2-4-12(10)17/h1-7,13,18,20H,8H2/t13-/m1/s1. The van der Waals surface area contributed by atoms with Crippen LogP contribution in [0.1, 0.15) is 23.6 Å². The molecule has 0 saturated heterocycles. The molecule has 2 N–H and O–H groups in total. The third-order valence-electron chi connectivity index (χ3n) is 3.30. The Hall–Kier alpha value is -1.88. The van der Waals surface area contributed by atoms with E-state index < -0.39 is 0 Å². The minimum absolute atomic E-state index is 0.169. The van der Waals surface area contributed by atoms with Crippen LogP contribution in [0, 0.1) is 5.82 Å². The molecule has 0 aliphatic carbocycles. The third kappa shape index (κ3) is 2.41. The molecule has 0 bridgehead atoms. The highest BCUT2D eigenvalue weighted by molar-refractivity contribution is 9.10. The maximum absolute atomic E-state index is 13.8. The van der Waals surface area contributed by atoms with Crippen LogP contribution in [-0.4, -0.2) is 10.8 Å². The molecule has 5 heteroatoms. The fraction of sp³-hybridized carbons (Fsp3) is 0.133. The number of rotatable bonds is 2. The van der Waals surface area contributed by atoms with Gasteiger partial charge in [0.15, 0.2) is 0 Å². The maximum Gasteiger partial charge on any atom is 0.128 e. The number of nitrogens with zero attached hydrogens (tertiary/aromatic N) is 1. The lowest BCUT2D eigenvalue weighted by Crippen LogP contribution is -2.11. The number of halogens is 2. The summed E-state index contributed by atoms with van der Waals surface area (Å²) in [5, 5.41) is 14.1. The van der Waals surface area contributed by atoms with Gasteiger partial charge in [0.05, 0.1) is 11.8 Å². The lowest BCUT2D eigenvalue weighted by Gasteiger charge is -2.11. The number of hydrazone groups is 1. The maximum atomic E-state index is 13.8. The van der Waals surface area contributed by atoms with Crippen LogP contribution in [0.15, 0.2) is 52.0 Å². The van der Waals surface area contributed by atoms with E-state index in [1.54, 1.807) is 36.4 Å². The zero-order chi connectivity index (χ0) is 14.1. The van der Waals surface area contributed by atoms with Crippen molar-refractivity contribution in [2.24, 2.45) is 5.10 Å². The zero-order valence-corrected chi connectivity index (χ0v) is 12.1. The van der Waals surface area contributed by atoms with Crippen molar-refractivity contribution in [1.82, 2.24) is 5.43 Å². The van der Waals surface area contributed by atoms with Gasteiger partial charge in [0, 0.05) is 22.0 Å². The minimum Gasteiger partial charge on any atom is -0.507 e. The molecule has 2 aromatic carbocycles. The zero-order valence-electron chi connectivity index (χ0n) is 10.5. The average molecular weight is 335 g/mol. The van der Waals surface area contributed by atoms with Crippen LogP contribution >= 0.6 is 15.9 Å². The normalized spacial score (nSPS) is 17.7. The molecule has 0 spiro atoms. The van der Waals surface area contributed by atoms with E-state index in [9.17, 15) is 9.50 Å². The van der Waals surface area contributed by atoms with Gasteiger partial charge in [-0.1, -0.05) is 34.1 Å². The topological polar surface area (TPSA) is 44.6 Å². The number of nitrogens with one attached hydrogen (secondary N) is 1. The van der Waals surface area contributed by atoms with Crippen LogP contribution < -0.4 is 5.43 Å². The largest absolute Gasteiger partial charge is 0.507 e. The summed E-state index contributed by atoms with van der Waals surface area (Å²) in [5.74, 6) is -0.0807. The van der Waals surface area contributed by atoms with Gasteiger partial charge in [-0.2, -0.15) is 5.10 Å². The van der Waals surface area contributed by atoms with E-state index in [0.717, 1.165) is 10.2 Å². The Bertz CT molecular complexity index is 687. The second kappa shape index (κ2) is 5.25. The van der Waals surface area contributed by atoms with Crippen molar-refractivity contribution in [3.63, 3.8) is 0 Å². The second-order valence-corrected chi connectivity index (χ2v) is 5.54. The molecule has 20 heavy (non-hydrogen) atoms. The van der Waals surface area contributed by atoms with Crippen LogP contribution in [0.5, 0.6) is 5.75 Å². The Labute approximate surface area is 124 Å². The Kier molecular flexibility index (Phi) is 3.44. The smallest absolute Gasteiger partial charge is 0.128 e. The molecule has 3 nitrogen and oxygen atoms in total. The summed E-state index contributed by atoms with van der Waals surface area (Å²) in [5.41, 5.74) is 4.89. The SMILES string of the molecule is Oc1ccc(Br)cc1C1=NN[C@@H](c2ccccc2F)C1. The number of hydrogen-bond acceptors (Lipinski definition) is 3. The van der Waals surface area contributed by atoms with Gasteiger partial charge in [-0.3, -0.25) is 0 Å². The molecule has 1 aliphatic heterocycles. The summed E-state index contributed by atoms with van der Waals surface area (Å²) in [6.07, 6.45) is 0.533. The van der Waals surface area contributed by atoms with Crippen LogP contribution in [-0.2, 0) is 0 Å². The molecule has 0 radical (unpaired) electrons. The van der Waals surface area contributed by atoms with Crippen molar-refractivity contribution in [3.05, 3.63) is 63.9 Å². The molecule has 1 aliphatic rings. The molecule has 2 aromatic rings. The highest BCUT2D eigenvalue weighted by atomic mass is 79.9. The number of phenolic OH excluding ortho intramolecular Hbond substituents is 1. The highest BCUT2D eigenvalue weighted by Gasteiger charge is 2.24. The quantitative estimate of drug-likeness (QED) is 0.878. The van der Waals surface area contributed by atoms with Gasteiger partial charge in [-0.25, -0.2) is 4.39 Å². The van der Waals surface area contributed by atoms with Gasteiger partial charge >= 0.3 is 0 Å². The molecule has 1 heterocycles. The summed E-state index contributed by atoms with van der Waals surface area (Å²) in [4.78, 5) is 0. The summed E-state index contributed by atoms with van der Waals surface area (Å²) >= 11 is 3.37. The molecule has 1 atom stereocenters. The fourth-order valence-corrected chi connectivity index (χ4v) is 2.65. The predicted molar refractivity (Wildman–Crippen MR) is 79.2 cm³/mol. The van der Waals surface area contributed by atoms with E-state index in [2.05, 4.69) is 26.5 Å². The molecule has 0 saturated carbocycles. The molecule has 0 amide bonds. The monoisotopic (exact) mass is 334 g/mol. The number of aromatic hydroxyl groups is 1. The van der Waals surface area contributed by atoms with E-state index in [1.807, 2.05) is 0 Å². The first-order chi connectivity index (χ1) is 9.65. The molecular formula is C15H12BrFN2O. The van der Waals surface area contributed by atoms with Gasteiger partial charge in [0.1, 0.15) is 11.6 Å². The molecule has 0 fully saturated rings. The van der Waals surface area contributed by atoms with Crippen molar-refractivity contribution in [2.75, 3.05) is 0 Å². The van der Waals surface area contributed by atoms with Crippen molar-refractivity contribution >= 4 is 21.6 Å². The summed E-state index contributed by atoms with van der Waals surface area (Å²) in [6.45, 7) is 0. The first-order valence-electron chi connectivity index (χ1n) is 6.20. The van der Waals surface area contributed by atoms with Crippen molar-refractivity contribution in [1.29, 1.82) is 0 Å². The first-order valence-corrected chi connectivity index (χ1v) is 7.00. The Morgan fingerprint density at radius 2 is 2.05 bits per heavy atom. The molecular weight excluding hydrogens is 323 g/mol. The van der Waals surface area contributed by atoms with Crippen molar-refractivity contribution in [2.45, 2.75) is 12.5 Å². The lowest BCUT2D eigenvalue weighted by atomic mass is 9.98. The summed E-state index contributed by atoms with van der Waals surface area (Å²) < 4.78 is 14.6. The van der Waals surface area contributed by atoms with Gasteiger partial charge in [0.2, 0.25) is 0 Å². The van der Waals surface area contributed by atoms with E-state index in [1.165, 1.54) is 6.07 Å². The summed E-state index contributed by atoms with van der Waals surface area (Å²) in [7, 11) is 0. The molecule has 3 rings (SSSR count). The molecule has 0 unspecified atom stereocenters. The second-order valence-electron chi connectivity index (χ2n) is 4.63. The van der Waals surface area contributed by atoms with Gasteiger partial charge in [-0.05, 0) is 24.3 Å². The van der Waals surface area contributed by atoms with E-state index >= 15 is 0 Å². The van der Waals surface area contributed by atoms with Crippen LogP contribution in [0.3, 0.4) is 0 Å². The number of benzene rings is 2. The fourth-order valence-electron chi connectivity index (χ4n) is 2.29. The van der Waals surface area contributed by atoms with Crippen molar-refractivity contribution < 1.29 is 9.50 Å². The van der Waals surface area contributed by atoms with Gasteiger partial charge < -0.3 is 10.5 Å². The van der Waals surface area contributed by atoms with E-state index in [0.29, 0.717) is 17.5 Å². The number of phenols is 1. The molecule has 102 valence electrons. The lowest BCUT2D eigenvalue weighted by molar-refractivity contribution is 0.474. The van der Waals surface area contributed by atoms with E-state index in [-0.39, 0.29) is 17.6 Å². The van der Waals surface area contributed by atoms with Crippen LogP contribution in [0.25, 0.3) is 0 Å². The third-order valence-corrected chi connectivity index (χ3v) is 3.80. The Morgan fingerprint density at radius 3 is 2.85 bits per heavy atom. The van der Waals surface area contributed by atoms with E-state index in [4.69, 9.17) is 0 Å². The van der Waals surface area contributed by atoms with Crippen molar-refractivity contribution in [3.8, 4) is 5.75 Å². The highest BCUT2D eigenvalue weighted by Crippen LogP contribution is 2.30. The number of hydrogen-bond donors (Lipinski definition) is 2. The molecule has 0 aromatic heterocycles. The van der Waals surface area contributed by atoms with Crippen LogP contribution in [0.4, 0.5) is 4.39 Å². The Balaban J connectivity index is 1.86. The predicted octanol–water partition coefficient (Wildman–Crippen LogP) is 3.73. The summed E-state index contributed by atoms with van der Waals surface area (Å²) in [6, 6.07) is 11.6. The van der Waals surface area contributed by atoms with Gasteiger partial charge in [0.25, 0.3) is 0 Å².